The fourth-order valence-electron chi connectivity index (χ4n) is 7.88. The smallest absolute Gasteiger partial charge is 0.181 e. The Hall–Kier alpha value is -6.21. The lowest BCUT2D eigenvalue weighted by Gasteiger charge is -2.40. The highest BCUT2D eigenvalue weighted by atomic mass is 32.2. The van der Waals surface area contributed by atoms with Crippen molar-refractivity contribution in [2.24, 2.45) is 0 Å². The molecule has 52 heavy (non-hydrogen) atoms. The van der Waals surface area contributed by atoms with Gasteiger partial charge < -0.3 is 4.74 Å². The molecule has 1 aliphatic heterocycles. The highest BCUT2D eigenvalue weighted by Crippen LogP contribution is 2.40. The monoisotopic (exact) mass is 701 g/mol. The fraction of sp³-hybridized carbons (Fsp3) is 0. The molecule has 10 rings (SSSR count). The van der Waals surface area contributed by atoms with Gasteiger partial charge in [-0.3, -0.25) is 9.55 Å². The summed E-state index contributed by atoms with van der Waals surface area (Å²) in [7, 11) is -2.72. The summed E-state index contributed by atoms with van der Waals surface area (Å²) in [5.74, 6) is 2.39. The van der Waals surface area contributed by atoms with Gasteiger partial charge in [-0.1, -0.05) is 121 Å². The Labute approximate surface area is 307 Å². The minimum Gasteiger partial charge on any atom is -0.457 e. The zero-order valence-electron chi connectivity index (χ0n) is 28.1. The molecule has 0 saturated carbocycles. The van der Waals surface area contributed by atoms with E-state index in [2.05, 4.69) is 143 Å². The Morgan fingerprint density at radius 3 is 1.92 bits per heavy atom. The maximum absolute atomic E-state index is 6.57. The van der Waals surface area contributed by atoms with Crippen LogP contribution < -0.4 is 25.5 Å². The summed E-state index contributed by atoms with van der Waals surface area (Å²) in [6.45, 7) is 0. The van der Waals surface area contributed by atoms with Crippen molar-refractivity contribution >= 4 is 62.4 Å². The van der Waals surface area contributed by atoms with Gasteiger partial charge in [-0.25, -0.2) is 4.98 Å². The van der Waals surface area contributed by atoms with E-state index in [1.54, 1.807) is 0 Å². The molecule has 0 aliphatic carbocycles. The summed E-state index contributed by atoms with van der Waals surface area (Å²) in [5.41, 5.74) is 4.09. The summed E-state index contributed by atoms with van der Waals surface area (Å²) < 4.78 is 8.86. The van der Waals surface area contributed by atoms with Crippen molar-refractivity contribution in [1.29, 1.82) is 0 Å². The van der Waals surface area contributed by atoms with Crippen LogP contribution in [-0.2, 0) is 0 Å². The first-order valence-electron chi connectivity index (χ1n) is 17.4. The lowest BCUT2D eigenvalue weighted by atomic mass is 10.1. The molecule has 0 unspecified atom stereocenters. The summed E-state index contributed by atoms with van der Waals surface area (Å²) in [6, 6.07) is 62.9. The molecule has 3 aromatic heterocycles. The van der Waals surface area contributed by atoms with Crippen LogP contribution in [0.15, 0.2) is 198 Å². The number of rotatable bonds is 6. The van der Waals surface area contributed by atoms with E-state index in [4.69, 9.17) is 9.72 Å². The molecule has 0 fully saturated rings. The van der Waals surface area contributed by atoms with Gasteiger partial charge in [0, 0.05) is 44.6 Å². The lowest BCUT2D eigenvalue weighted by Crippen LogP contribution is -2.76. The van der Waals surface area contributed by atoms with Gasteiger partial charge in [0.05, 0.1) is 16.7 Å². The topological polar surface area (TPSA) is 39.9 Å². The molecule has 6 aromatic carbocycles. The highest BCUT2D eigenvalue weighted by Gasteiger charge is 2.47. The van der Waals surface area contributed by atoms with Crippen LogP contribution in [0.1, 0.15) is 0 Å². The number of hydrogen-bond acceptors (Lipinski definition) is 4. The van der Waals surface area contributed by atoms with Crippen molar-refractivity contribution in [1.82, 2.24) is 14.5 Å². The van der Waals surface area contributed by atoms with Gasteiger partial charge in [0.25, 0.3) is 0 Å². The van der Waals surface area contributed by atoms with E-state index in [1.165, 1.54) is 35.9 Å². The number of ether oxygens (including phenoxy) is 1. The van der Waals surface area contributed by atoms with Crippen LogP contribution in [0.3, 0.4) is 0 Å². The van der Waals surface area contributed by atoms with Crippen LogP contribution >= 0.6 is 11.8 Å². The van der Waals surface area contributed by atoms with E-state index < -0.39 is 8.07 Å². The van der Waals surface area contributed by atoms with Crippen molar-refractivity contribution < 1.29 is 4.74 Å². The Bertz CT molecular complexity index is 2700. The molecule has 0 radical (unpaired) electrons. The predicted molar refractivity (Wildman–Crippen MR) is 216 cm³/mol. The second-order valence-corrected chi connectivity index (χ2v) is 17.8. The van der Waals surface area contributed by atoms with E-state index in [0.717, 1.165) is 45.0 Å². The van der Waals surface area contributed by atoms with Gasteiger partial charge in [-0.05, 0) is 81.4 Å². The normalized spacial score (nSPS) is 13.1. The van der Waals surface area contributed by atoms with Gasteiger partial charge >= 0.3 is 0 Å². The van der Waals surface area contributed by atoms with E-state index in [-0.39, 0.29) is 0 Å². The number of nitrogens with zero attached hydrogens (tertiary/aromatic N) is 3. The molecule has 6 heteroatoms. The van der Waals surface area contributed by atoms with E-state index in [1.807, 2.05) is 66.6 Å². The summed E-state index contributed by atoms with van der Waals surface area (Å²) in [6.07, 6.45) is 3.68. The van der Waals surface area contributed by atoms with E-state index >= 15 is 0 Å². The Morgan fingerprint density at radius 2 is 1.17 bits per heavy atom. The van der Waals surface area contributed by atoms with Gasteiger partial charge in [-0.2, -0.15) is 0 Å². The quantitative estimate of drug-likeness (QED) is 0.163. The molecule has 4 nitrogen and oxygen atoms in total. The second-order valence-electron chi connectivity index (χ2n) is 13.0. The first-order chi connectivity index (χ1) is 25.8. The summed E-state index contributed by atoms with van der Waals surface area (Å²) >= 11 is 1.88. The van der Waals surface area contributed by atoms with Crippen molar-refractivity contribution in [2.75, 3.05) is 0 Å². The molecular weight excluding hydrogens is 671 g/mol. The molecule has 1 aliphatic rings. The van der Waals surface area contributed by atoms with Gasteiger partial charge in [0.15, 0.2) is 8.07 Å². The van der Waals surface area contributed by atoms with E-state index in [9.17, 15) is 0 Å². The molecule has 0 spiro atoms. The first-order valence-corrected chi connectivity index (χ1v) is 20.2. The number of aromatic nitrogens is 3. The van der Waals surface area contributed by atoms with Crippen LogP contribution in [0.4, 0.5) is 0 Å². The highest BCUT2D eigenvalue weighted by molar-refractivity contribution is 8.00. The van der Waals surface area contributed by atoms with Gasteiger partial charge in [0.1, 0.15) is 17.3 Å². The Morgan fingerprint density at radius 1 is 0.481 bits per heavy atom. The average molecular weight is 702 g/mol. The van der Waals surface area contributed by atoms with Crippen molar-refractivity contribution in [3.05, 3.63) is 188 Å². The maximum Gasteiger partial charge on any atom is 0.181 e. The molecule has 0 N–H and O–H groups in total. The van der Waals surface area contributed by atoms with Crippen LogP contribution in [0, 0.1) is 0 Å². The molecule has 246 valence electrons. The Kier molecular flexibility index (Phi) is 7.37. The maximum atomic E-state index is 6.57. The van der Waals surface area contributed by atoms with E-state index in [0.29, 0.717) is 0 Å². The number of pyridine rings is 2. The zero-order valence-corrected chi connectivity index (χ0v) is 29.9. The summed E-state index contributed by atoms with van der Waals surface area (Å²) in [4.78, 5) is 12.0. The number of fused-ring (bicyclic) bond motifs is 5. The number of hydrogen-bond donors (Lipinski definition) is 0. The lowest BCUT2D eigenvalue weighted by molar-refractivity contribution is 0.483. The third-order valence-corrected chi connectivity index (χ3v) is 16.4. The molecule has 0 amide bonds. The third kappa shape index (κ3) is 4.91. The fourth-order valence-corrected chi connectivity index (χ4v) is 14.9. The SMILES string of the molecule is c1ccc([Si]2(c3ccccc3)c3ccccc3Sc3cc4c(cc32)c2ccc(Oc3cccc(-c5ccccn5)c3)cc2n4-c2ccccn2)cc1. The van der Waals surface area contributed by atoms with Crippen molar-refractivity contribution in [3.8, 4) is 28.6 Å². The number of benzene rings is 6. The van der Waals surface area contributed by atoms with Crippen LogP contribution in [-0.4, -0.2) is 22.6 Å². The van der Waals surface area contributed by atoms with Crippen molar-refractivity contribution in [3.63, 3.8) is 0 Å². The third-order valence-electron chi connectivity index (χ3n) is 10.1. The largest absolute Gasteiger partial charge is 0.457 e. The van der Waals surface area contributed by atoms with Gasteiger partial charge in [-0.15, -0.1) is 0 Å². The summed E-state index contributed by atoms with van der Waals surface area (Å²) in [5, 5.41) is 7.96. The van der Waals surface area contributed by atoms with Crippen LogP contribution in [0.25, 0.3) is 38.9 Å². The predicted octanol–water partition coefficient (Wildman–Crippen LogP) is 8.88. The molecule has 0 atom stereocenters. The van der Waals surface area contributed by atoms with Crippen molar-refractivity contribution in [2.45, 2.75) is 9.79 Å². The second kappa shape index (κ2) is 12.5. The molecular formula is C46H31N3OSSi. The molecule has 0 saturated heterocycles. The average Bonchev–Trinajstić information content (AvgIpc) is 3.53. The molecule has 4 heterocycles. The Balaban J connectivity index is 1.22. The standard InChI is InChI=1S/C46H31N3OSSi/c1-3-16-35(17-4-1)52(36-18-5-2-6-19-36)44-22-8-7-21-42(44)51-43-31-41-38(30-45(43)52)37-25-24-34(29-40(37)49(41)46-23-10-12-27-48-46)50-33-15-13-14-32(28-33)39-20-9-11-26-47-39/h1-31H. The minimum absolute atomic E-state index is 0.758. The molecule has 9 aromatic rings. The minimum atomic E-state index is -2.72. The van der Waals surface area contributed by atoms with Crippen LogP contribution in [0.5, 0.6) is 11.5 Å². The van der Waals surface area contributed by atoms with Gasteiger partial charge in [0.2, 0.25) is 0 Å². The first kappa shape index (κ1) is 30.6. The van der Waals surface area contributed by atoms with Crippen LogP contribution in [0.2, 0.25) is 0 Å². The molecule has 0 bridgehead atoms. The zero-order chi connectivity index (χ0) is 34.5.